The van der Waals surface area contributed by atoms with E-state index in [0.717, 1.165) is 19.6 Å². The number of hydrogen-bond acceptors (Lipinski definition) is 2. The average Bonchev–Trinajstić information content (AvgIpc) is 2.62. The lowest BCUT2D eigenvalue weighted by Gasteiger charge is -2.31. The Labute approximate surface area is 88.0 Å². The molecule has 0 amide bonds. The molecule has 0 saturated carbocycles. The van der Waals surface area contributed by atoms with E-state index >= 15 is 0 Å². The molecule has 0 aromatic rings. The van der Waals surface area contributed by atoms with Crippen LogP contribution < -0.4 is 0 Å². The zero-order valence-electron chi connectivity index (χ0n) is 9.84. The van der Waals surface area contributed by atoms with Gasteiger partial charge in [-0.2, -0.15) is 0 Å². The van der Waals surface area contributed by atoms with E-state index in [0.29, 0.717) is 5.92 Å². The largest absolute Gasteiger partial charge is 0.347 e. The van der Waals surface area contributed by atoms with Crippen LogP contribution in [0.2, 0.25) is 0 Å². The van der Waals surface area contributed by atoms with Gasteiger partial charge in [0.2, 0.25) is 0 Å². The third-order valence-corrected chi connectivity index (χ3v) is 3.03. The Morgan fingerprint density at radius 3 is 2.21 bits per heavy atom. The minimum atomic E-state index is -0.256. The Morgan fingerprint density at radius 1 is 1.07 bits per heavy atom. The minimum Gasteiger partial charge on any atom is -0.347 e. The molecule has 1 aliphatic heterocycles. The van der Waals surface area contributed by atoms with Crippen LogP contribution >= 0.6 is 0 Å². The fraction of sp³-hybridized carbons (Fsp3) is 1.00. The Balaban J connectivity index is 2.29. The van der Waals surface area contributed by atoms with Crippen molar-refractivity contribution in [2.24, 2.45) is 5.92 Å². The highest BCUT2D eigenvalue weighted by atomic mass is 16.7. The molecule has 2 heteroatoms. The molecular weight excluding hydrogens is 176 g/mol. The average molecular weight is 200 g/mol. The van der Waals surface area contributed by atoms with E-state index in [2.05, 4.69) is 20.8 Å². The van der Waals surface area contributed by atoms with Crippen molar-refractivity contribution >= 4 is 0 Å². The van der Waals surface area contributed by atoms with Gasteiger partial charge in [-0.25, -0.2) is 0 Å². The maximum absolute atomic E-state index is 5.76. The van der Waals surface area contributed by atoms with Crippen molar-refractivity contribution in [3.05, 3.63) is 0 Å². The normalized spacial score (nSPS) is 20.6. The monoisotopic (exact) mass is 200 g/mol. The topological polar surface area (TPSA) is 18.5 Å². The van der Waals surface area contributed by atoms with Crippen LogP contribution in [0.5, 0.6) is 0 Å². The van der Waals surface area contributed by atoms with Crippen LogP contribution in [0.3, 0.4) is 0 Å². The molecule has 1 heterocycles. The Morgan fingerprint density at radius 2 is 1.71 bits per heavy atom. The van der Waals surface area contributed by atoms with E-state index in [-0.39, 0.29) is 5.79 Å². The molecule has 0 bridgehead atoms. The quantitative estimate of drug-likeness (QED) is 0.612. The molecule has 0 unspecified atom stereocenters. The second-order valence-electron chi connectivity index (χ2n) is 4.47. The molecular formula is C12H24O2. The van der Waals surface area contributed by atoms with Gasteiger partial charge in [-0.1, -0.05) is 40.0 Å². The summed E-state index contributed by atoms with van der Waals surface area (Å²) in [7, 11) is 0. The first-order chi connectivity index (χ1) is 6.71. The van der Waals surface area contributed by atoms with Crippen LogP contribution in [0.15, 0.2) is 0 Å². The number of unbranched alkanes of at least 4 members (excludes halogenated alkanes) is 3. The zero-order valence-corrected chi connectivity index (χ0v) is 9.84. The van der Waals surface area contributed by atoms with Crippen LogP contribution in [0, 0.1) is 5.92 Å². The van der Waals surface area contributed by atoms with E-state index in [9.17, 15) is 0 Å². The number of ether oxygens (including phenoxy) is 2. The predicted octanol–water partition coefficient (Wildman–Crippen LogP) is 3.36. The van der Waals surface area contributed by atoms with E-state index in [1.54, 1.807) is 0 Å². The molecule has 0 aromatic carbocycles. The molecule has 84 valence electrons. The van der Waals surface area contributed by atoms with Crippen molar-refractivity contribution < 1.29 is 9.47 Å². The molecule has 14 heavy (non-hydrogen) atoms. The lowest BCUT2D eigenvalue weighted by molar-refractivity contribution is -0.193. The SMILES string of the molecule is CCCCCCC1(C(C)C)OCCO1. The Kier molecular flexibility index (Phi) is 4.90. The first-order valence-corrected chi connectivity index (χ1v) is 5.99. The second-order valence-corrected chi connectivity index (χ2v) is 4.47. The van der Waals surface area contributed by atoms with Crippen molar-refractivity contribution in [2.75, 3.05) is 13.2 Å². The summed E-state index contributed by atoms with van der Waals surface area (Å²) in [5.41, 5.74) is 0. The Hall–Kier alpha value is -0.0800. The summed E-state index contributed by atoms with van der Waals surface area (Å²) in [5.74, 6) is 0.208. The zero-order chi connectivity index (χ0) is 10.4. The van der Waals surface area contributed by atoms with E-state index in [1.807, 2.05) is 0 Å². The summed E-state index contributed by atoms with van der Waals surface area (Å²) in [6, 6.07) is 0. The van der Waals surface area contributed by atoms with Crippen LogP contribution in [0.1, 0.15) is 52.9 Å². The Bertz CT molecular complexity index is 148. The molecule has 0 radical (unpaired) electrons. The molecule has 1 fully saturated rings. The van der Waals surface area contributed by atoms with Gasteiger partial charge in [-0.05, 0) is 6.42 Å². The molecule has 0 spiro atoms. The lowest BCUT2D eigenvalue weighted by Crippen LogP contribution is -2.36. The number of rotatable bonds is 6. The van der Waals surface area contributed by atoms with Gasteiger partial charge in [0, 0.05) is 12.3 Å². The van der Waals surface area contributed by atoms with Crippen LogP contribution in [0.25, 0.3) is 0 Å². The second kappa shape index (κ2) is 5.72. The van der Waals surface area contributed by atoms with Crippen molar-refractivity contribution in [1.29, 1.82) is 0 Å². The maximum atomic E-state index is 5.76. The lowest BCUT2D eigenvalue weighted by atomic mass is 9.96. The molecule has 1 aliphatic rings. The fourth-order valence-corrected chi connectivity index (χ4v) is 2.04. The van der Waals surface area contributed by atoms with Crippen LogP contribution in [-0.2, 0) is 9.47 Å². The van der Waals surface area contributed by atoms with Gasteiger partial charge in [0.15, 0.2) is 5.79 Å². The summed E-state index contributed by atoms with van der Waals surface area (Å²) >= 11 is 0. The van der Waals surface area contributed by atoms with Gasteiger partial charge in [-0.3, -0.25) is 0 Å². The van der Waals surface area contributed by atoms with Crippen molar-refractivity contribution in [1.82, 2.24) is 0 Å². The standard InChI is InChI=1S/C12H24O2/c1-4-5-6-7-8-12(11(2)3)13-9-10-14-12/h11H,4-10H2,1-3H3. The summed E-state index contributed by atoms with van der Waals surface area (Å²) in [5, 5.41) is 0. The van der Waals surface area contributed by atoms with Gasteiger partial charge in [0.25, 0.3) is 0 Å². The number of hydrogen-bond donors (Lipinski definition) is 0. The van der Waals surface area contributed by atoms with E-state index in [1.165, 1.54) is 25.7 Å². The van der Waals surface area contributed by atoms with Gasteiger partial charge >= 0.3 is 0 Å². The highest BCUT2D eigenvalue weighted by Crippen LogP contribution is 2.33. The summed E-state index contributed by atoms with van der Waals surface area (Å²) in [4.78, 5) is 0. The van der Waals surface area contributed by atoms with Gasteiger partial charge < -0.3 is 9.47 Å². The first-order valence-electron chi connectivity index (χ1n) is 5.99. The summed E-state index contributed by atoms with van der Waals surface area (Å²) in [6.45, 7) is 8.15. The predicted molar refractivity (Wildman–Crippen MR) is 58.2 cm³/mol. The van der Waals surface area contributed by atoms with Crippen LogP contribution in [-0.4, -0.2) is 19.0 Å². The summed E-state index contributed by atoms with van der Waals surface area (Å²) in [6.07, 6.45) is 6.21. The smallest absolute Gasteiger partial charge is 0.170 e. The molecule has 1 saturated heterocycles. The third kappa shape index (κ3) is 2.96. The van der Waals surface area contributed by atoms with E-state index in [4.69, 9.17) is 9.47 Å². The minimum absolute atomic E-state index is 0.256. The molecule has 1 rings (SSSR count). The molecule has 0 atom stereocenters. The molecule has 0 N–H and O–H groups in total. The van der Waals surface area contributed by atoms with Gasteiger partial charge in [-0.15, -0.1) is 0 Å². The highest BCUT2D eigenvalue weighted by molar-refractivity contribution is 4.77. The van der Waals surface area contributed by atoms with E-state index < -0.39 is 0 Å². The highest BCUT2D eigenvalue weighted by Gasteiger charge is 2.38. The molecule has 0 aromatic heterocycles. The third-order valence-electron chi connectivity index (χ3n) is 3.03. The van der Waals surface area contributed by atoms with Crippen LogP contribution in [0.4, 0.5) is 0 Å². The maximum Gasteiger partial charge on any atom is 0.170 e. The van der Waals surface area contributed by atoms with Gasteiger partial charge in [0.05, 0.1) is 13.2 Å². The molecule has 2 nitrogen and oxygen atoms in total. The first kappa shape index (κ1) is 12.0. The van der Waals surface area contributed by atoms with Crippen molar-refractivity contribution in [2.45, 2.75) is 58.7 Å². The van der Waals surface area contributed by atoms with Gasteiger partial charge in [0.1, 0.15) is 0 Å². The molecule has 0 aliphatic carbocycles. The van der Waals surface area contributed by atoms with Crippen molar-refractivity contribution in [3.8, 4) is 0 Å². The van der Waals surface area contributed by atoms with Crippen molar-refractivity contribution in [3.63, 3.8) is 0 Å². The fourth-order valence-electron chi connectivity index (χ4n) is 2.04. The summed E-state index contributed by atoms with van der Waals surface area (Å²) < 4.78 is 11.5.